The molecule has 0 unspecified atom stereocenters. The zero-order valence-corrected chi connectivity index (χ0v) is 10.1. The van der Waals surface area contributed by atoms with Gasteiger partial charge in [-0.2, -0.15) is 30.7 Å². The van der Waals surface area contributed by atoms with E-state index in [2.05, 4.69) is 23.2 Å². The molecule has 18 heavy (non-hydrogen) atoms. The first-order chi connectivity index (χ1) is 7.89. The highest BCUT2D eigenvalue weighted by atomic mass is 35.5. The molecule has 0 radical (unpaired) electrons. The van der Waals surface area contributed by atoms with Crippen molar-refractivity contribution in [2.24, 2.45) is 0 Å². The summed E-state index contributed by atoms with van der Waals surface area (Å²) < 4.78 is 83.4. The number of rotatable bonds is 0. The molecular weight excluding hydrogens is 327 g/mol. The van der Waals surface area contributed by atoms with E-state index in [0.717, 1.165) is 0 Å². The summed E-state index contributed by atoms with van der Waals surface area (Å²) in [6.07, 6.45) is -8.71. The van der Waals surface area contributed by atoms with E-state index in [-0.39, 0.29) is 0 Å². The Balaban J connectivity index is -0.0000000851. The summed E-state index contributed by atoms with van der Waals surface area (Å²) in [4.78, 5) is 17.8. The summed E-state index contributed by atoms with van der Waals surface area (Å²) in [6, 6.07) is -3.26. The van der Waals surface area contributed by atoms with E-state index < -0.39 is 23.6 Å². The molecule has 12 heteroatoms. The Labute approximate surface area is 106 Å². The van der Waals surface area contributed by atoms with Crippen molar-refractivity contribution in [1.82, 2.24) is 0 Å². The van der Waals surface area contributed by atoms with Gasteiger partial charge >= 0.3 is 23.6 Å². The van der Waals surface area contributed by atoms with E-state index in [9.17, 15) is 35.1 Å². The molecule has 0 aromatic carbocycles. The lowest BCUT2D eigenvalue weighted by molar-refractivity contribution is -0.183. The topological polar surface area (TPSA) is 34.1 Å². The highest BCUT2D eigenvalue weighted by Crippen LogP contribution is 2.17. The Kier molecular flexibility index (Phi) is 18.5. The van der Waals surface area contributed by atoms with Crippen LogP contribution in [0.3, 0.4) is 0 Å². The normalized spacial score (nSPS) is 9.56. The standard InChI is InChI=1S/C2ClF3O.C2F4O.CH3Cl.CH3F/c2*3-1(7)2(4,5)6;2*1-2/h;;2*1H3. The minimum Gasteiger partial charge on any atom is -0.271 e. The molecule has 0 aliphatic heterocycles. The van der Waals surface area contributed by atoms with Crippen LogP contribution >= 0.6 is 23.2 Å². The Hall–Kier alpha value is -0.640. The van der Waals surface area contributed by atoms with Gasteiger partial charge in [-0.05, 0) is 11.6 Å². The second-order valence-corrected chi connectivity index (χ2v) is 1.89. The molecule has 0 atom stereocenters. The van der Waals surface area contributed by atoms with Crippen molar-refractivity contribution < 1.29 is 44.7 Å². The van der Waals surface area contributed by atoms with Crippen molar-refractivity contribution in [3.8, 4) is 0 Å². The van der Waals surface area contributed by atoms with Crippen molar-refractivity contribution in [2.45, 2.75) is 12.4 Å². The predicted molar refractivity (Wildman–Crippen MR) is 47.9 cm³/mol. The summed E-state index contributed by atoms with van der Waals surface area (Å²) in [7, 11) is 0.500. The monoisotopic (exact) mass is 332 g/mol. The molecule has 0 spiro atoms. The Morgan fingerprint density at radius 3 is 0.944 bits per heavy atom. The number of carbonyl (C=O) groups is 2. The van der Waals surface area contributed by atoms with Crippen LogP contribution in [0.25, 0.3) is 0 Å². The molecule has 0 aliphatic rings. The lowest BCUT2D eigenvalue weighted by atomic mass is 10.7. The zero-order valence-electron chi connectivity index (χ0n) is 8.60. The first kappa shape index (κ1) is 26.0. The van der Waals surface area contributed by atoms with Crippen LogP contribution in [0.15, 0.2) is 0 Å². The van der Waals surface area contributed by atoms with Crippen LogP contribution in [0.5, 0.6) is 0 Å². The largest absolute Gasteiger partial charge is 0.483 e. The average Bonchev–Trinajstić information content (AvgIpc) is 2.21. The smallest absolute Gasteiger partial charge is 0.271 e. The third kappa shape index (κ3) is 24.5. The molecule has 0 N–H and O–H groups in total. The maximum atomic E-state index is 10.7. The second-order valence-electron chi connectivity index (χ2n) is 1.54. The highest BCUT2D eigenvalue weighted by molar-refractivity contribution is 6.64. The van der Waals surface area contributed by atoms with Gasteiger partial charge in [0.1, 0.15) is 0 Å². The lowest BCUT2D eigenvalue weighted by Crippen LogP contribution is -2.16. The van der Waals surface area contributed by atoms with Gasteiger partial charge in [0, 0.05) is 6.38 Å². The van der Waals surface area contributed by atoms with Gasteiger partial charge in [-0.15, -0.1) is 11.6 Å². The quantitative estimate of drug-likeness (QED) is 0.384. The van der Waals surface area contributed by atoms with Crippen LogP contribution in [-0.4, -0.2) is 37.2 Å². The molecule has 0 aliphatic carbocycles. The zero-order chi connectivity index (χ0) is 16.2. The van der Waals surface area contributed by atoms with Gasteiger partial charge in [0.25, 0.3) is 0 Å². The van der Waals surface area contributed by atoms with Crippen LogP contribution in [0.4, 0.5) is 35.1 Å². The van der Waals surface area contributed by atoms with E-state index in [0.29, 0.717) is 7.18 Å². The molecule has 0 bridgehead atoms. The molecule has 0 aromatic rings. The van der Waals surface area contributed by atoms with Crippen LogP contribution < -0.4 is 0 Å². The molecule has 112 valence electrons. The molecule has 0 saturated heterocycles. The SMILES string of the molecule is CCl.CF.O=C(Cl)C(F)(F)F.O=C(F)C(F)(F)F. The van der Waals surface area contributed by atoms with Crippen molar-refractivity contribution in [3.05, 3.63) is 0 Å². The molecule has 0 heterocycles. The first-order valence-corrected chi connectivity index (χ1v) is 4.31. The fraction of sp³-hybridized carbons (Fsp3) is 0.667. The Morgan fingerprint density at radius 2 is 0.944 bits per heavy atom. The van der Waals surface area contributed by atoms with E-state index in [1.807, 2.05) is 0 Å². The number of hydrogen-bond acceptors (Lipinski definition) is 2. The maximum absolute atomic E-state index is 10.7. The third-order valence-electron chi connectivity index (χ3n) is 0.446. The fourth-order valence-corrected chi connectivity index (χ4v) is 0. The van der Waals surface area contributed by atoms with Crippen LogP contribution in [0.2, 0.25) is 0 Å². The van der Waals surface area contributed by atoms with Gasteiger partial charge in [-0.25, -0.2) is 0 Å². The molecular formula is C6H6Cl2F8O2. The molecule has 0 rings (SSSR count). The molecule has 0 fully saturated rings. The first-order valence-electron chi connectivity index (χ1n) is 3.18. The van der Waals surface area contributed by atoms with Gasteiger partial charge in [-0.1, -0.05) is 0 Å². The summed E-state index contributed by atoms with van der Waals surface area (Å²) in [5, 5.41) is -2.28. The molecule has 0 aromatic heterocycles. The van der Waals surface area contributed by atoms with E-state index in [1.165, 1.54) is 6.38 Å². The second kappa shape index (κ2) is 12.8. The van der Waals surface area contributed by atoms with Gasteiger partial charge in [-0.3, -0.25) is 14.0 Å². The Morgan fingerprint density at radius 1 is 0.833 bits per heavy atom. The number of alkyl halides is 8. The van der Waals surface area contributed by atoms with E-state index in [4.69, 9.17) is 9.59 Å². The van der Waals surface area contributed by atoms with Gasteiger partial charge in [0.2, 0.25) is 0 Å². The third-order valence-corrected chi connectivity index (χ3v) is 0.660. The summed E-state index contributed by atoms with van der Waals surface area (Å²) >= 11 is 8.63. The van der Waals surface area contributed by atoms with Gasteiger partial charge in [0.05, 0.1) is 7.18 Å². The molecule has 0 amide bonds. The minimum absolute atomic E-state index is 0.500. The minimum atomic E-state index is -5.31. The number of carbonyl (C=O) groups excluding carboxylic acids is 2. The van der Waals surface area contributed by atoms with Crippen molar-refractivity contribution in [2.75, 3.05) is 13.6 Å². The van der Waals surface area contributed by atoms with Gasteiger partial charge < -0.3 is 0 Å². The van der Waals surface area contributed by atoms with Crippen LogP contribution in [0.1, 0.15) is 0 Å². The van der Waals surface area contributed by atoms with Crippen LogP contribution in [-0.2, 0) is 9.59 Å². The van der Waals surface area contributed by atoms with Gasteiger partial charge in [0.15, 0.2) is 0 Å². The summed E-state index contributed by atoms with van der Waals surface area (Å²) in [5.41, 5.74) is 0. The van der Waals surface area contributed by atoms with E-state index >= 15 is 0 Å². The number of halogens is 10. The van der Waals surface area contributed by atoms with Crippen molar-refractivity contribution >= 4 is 34.5 Å². The average molecular weight is 333 g/mol. The van der Waals surface area contributed by atoms with Crippen LogP contribution in [0, 0.1) is 0 Å². The van der Waals surface area contributed by atoms with Crippen molar-refractivity contribution in [1.29, 1.82) is 0 Å². The van der Waals surface area contributed by atoms with E-state index in [1.54, 1.807) is 0 Å². The predicted octanol–water partition coefficient (Wildman–Crippen LogP) is 3.80. The Bertz CT molecular complexity index is 201. The summed E-state index contributed by atoms with van der Waals surface area (Å²) in [6.45, 7) is 0. The maximum Gasteiger partial charge on any atom is 0.483 e. The number of hydrogen-bond donors (Lipinski definition) is 0. The lowest BCUT2D eigenvalue weighted by Gasteiger charge is -1.93. The molecule has 2 nitrogen and oxygen atoms in total. The summed E-state index contributed by atoms with van der Waals surface area (Å²) in [5.74, 6) is 0. The highest BCUT2D eigenvalue weighted by Gasteiger charge is 2.38. The van der Waals surface area contributed by atoms with Crippen molar-refractivity contribution in [3.63, 3.8) is 0 Å². The fourth-order valence-electron chi connectivity index (χ4n) is 0. The molecule has 0 saturated carbocycles.